The fraction of sp³-hybridized carbons (Fsp3) is 0.929. The number of Topliss-reactive ketones (excluding diaryl/α,β-unsaturated/α-hetero) is 1. The van der Waals surface area contributed by atoms with Gasteiger partial charge in [-0.2, -0.15) is 0 Å². The van der Waals surface area contributed by atoms with Crippen molar-refractivity contribution in [2.24, 2.45) is 17.8 Å². The predicted octanol–water partition coefficient (Wildman–Crippen LogP) is 1.94. The van der Waals surface area contributed by atoms with Gasteiger partial charge in [0.15, 0.2) is 0 Å². The van der Waals surface area contributed by atoms with Gasteiger partial charge in [-0.1, -0.05) is 13.8 Å². The van der Waals surface area contributed by atoms with Gasteiger partial charge >= 0.3 is 0 Å². The smallest absolute Gasteiger partial charge is 0.137 e. The maximum absolute atomic E-state index is 12.1. The summed E-state index contributed by atoms with van der Waals surface area (Å²) in [6, 6.07) is 0.390. The largest absolute Gasteiger partial charge is 0.395 e. The molecule has 0 aromatic heterocycles. The third-order valence-electron chi connectivity index (χ3n) is 3.97. The molecule has 3 heteroatoms. The third kappa shape index (κ3) is 4.07. The molecule has 17 heavy (non-hydrogen) atoms. The number of aliphatic hydroxyl groups is 1. The van der Waals surface area contributed by atoms with E-state index in [-0.39, 0.29) is 12.5 Å². The van der Waals surface area contributed by atoms with E-state index in [1.807, 2.05) is 0 Å². The molecule has 0 bridgehead atoms. The summed E-state index contributed by atoms with van der Waals surface area (Å²) >= 11 is 0. The molecular formula is C14H27NO2. The topological polar surface area (TPSA) is 40.5 Å². The molecule has 0 aromatic carbocycles. The summed E-state index contributed by atoms with van der Waals surface area (Å²) in [6.45, 7) is 10.2. The lowest BCUT2D eigenvalue weighted by atomic mass is 9.74. The van der Waals surface area contributed by atoms with Crippen LogP contribution in [0.25, 0.3) is 0 Å². The fourth-order valence-corrected chi connectivity index (χ4v) is 2.92. The Labute approximate surface area is 105 Å². The van der Waals surface area contributed by atoms with E-state index in [0.717, 1.165) is 19.4 Å². The molecule has 0 aromatic rings. The predicted molar refractivity (Wildman–Crippen MR) is 69.9 cm³/mol. The molecule has 1 aliphatic rings. The Morgan fingerprint density at radius 2 is 2.06 bits per heavy atom. The Bertz CT molecular complexity index is 253. The second kappa shape index (κ2) is 6.50. The van der Waals surface area contributed by atoms with Gasteiger partial charge in [0.2, 0.25) is 0 Å². The minimum atomic E-state index is 0.167. The van der Waals surface area contributed by atoms with Crippen molar-refractivity contribution in [1.29, 1.82) is 0 Å². The number of hydrogen-bond donors (Lipinski definition) is 1. The SMILES string of the molecule is CC1CC(=O)C(CN(CCO)C(C)C)C(C)C1. The van der Waals surface area contributed by atoms with E-state index < -0.39 is 0 Å². The molecule has 0 radical (unpaired) electrons. The van der Waals surface area contributed by atoms with E-state index in [2.05, 4.69) is 32.6 Å². The van der Waals surface area contributed by atoms with Crippen LogP contribution < -0.4 is 0 Å². The van der Waals surface area contributed by atoms with E-state index in [4.69, 9.17) is 5.11 Å². The molecule has 3 atom stereocenters. The lowest BCUT2D eigenvalue weighted by molar-refractivity contribution is -0.129. The number of aliphatic hydroxyl groups excluding tert-OH is 1. The van der Waals surface area contributed by atoms with E-state index in [0.29, 0.717) is 30.2 Å². The van der Waals surface area contributed by atoms with Crippen LogP contribution in [0.15, 0.2) is 0 Å². The van der Waals surface area contributed by atoms with Crippen LogP contribution in [0.4, 0.5) is 0 Å². The zero-order chi connectivity index (χ0) is 13.0. The lowest BCUT2D eigenvalue weighted by Gasteiger charge is -2.36. The normalized spacial score (nSPS) is 30.3. The lowest BCUT2D eigenvalue weighted by Crippen LogP contribution is -2.43. The Morgan fingerprint density at radius 3 is 2.53 bits per heavy atom. The van der Waals surface area contributed by atoms with Crippen LogP contribution in [0, 0.1) is 17.8 Å². The molecule has 0 aliphatic heterocycles. The molecule has 1 rings (SSSR count). The van der Waals surface area contributed by atoms with Crippen molar-refractivity contribution in [2.75, 3.05) is 19.7 Å². The fourth-order valence-electron chi connectivity index (χ4n) is 2.92. The van der Waals surface area contributed by atoms with Crippen LogP contribution in [-0.4, -0.2) is 41.5 Å². The first-order valence-electron chi connectivity index (χ1n) is 6.83. The van der Waals surface area contributed by atoms with E-state index in [9.17, 15) is 4.79 Å². The Hall–Kier alpha value is -0.410. The minimum absolute atomic E-state index is 0.167. The molecule has 0 heterocycles. The maximum atomic E-state index is 12.1. The number of carbonyl (C=O) groups excluding carboxylic acids is 1. The van der Waals surface area contributed by atoms with E-state index in [1.165, 1.54) is 0 Å². The summed E-state index contributed by atoms with van der Waals surface area (Å²) in [4.78, 5) is 14.3. The summed E-state index contributed by atoms with van der Waals surface area (Å²) in [5.41, 5.74) is 0. The minimum Gasteiger partial charge on any atom is -0.395 e. The van der Waals surface area contributed by atoms with Crippen LogP contribution in [-0.2, 0) is 4.79 Å². The Balaban J connectivity index is 2.61. The molecule has 1 aliphatic carbocycles. The summed E-state index contributed by atoms with van der Waals surface area (Å²) in [5, 5.41) is 9.06. The van der Waals surface area contributed by atoms with Crippen LogP contribution in [0.5, 0.6) is 0 Å². The van der Waals surface area contributed by atoms with E-state index in [1.54, 1.807) is 0 Å². The van der Waals surface area contributed by atoms with Crippen molar-refractivity contribution in [1.82, 2.24) is 4.90 Å². The molecule has 0 spiro atoms. The molecule has 100 valence electrons. The van der Waals surface area contributed by atoms with Gasteiger partial charge in [-0.25, -0.2) is 0 Å². The average molecular weight is 241 g/mol. The Morgan fingerprint density at radius 1 is 1.41 bits per heavy atom. The second-order valence-electron chi connectivity index (χ2n) is 5.91. The van der Waals surface area contributed by atoms with Gasteiger partial charge in [0.1, 0.15) is 5.78 Å². The molecule has 1 fully saturated rings. The van der Waals surface area contributed by atoms with Crippen molar-refractivity contribution < 1.29 is 9.90 Å². The van der Waals surface area contributed by atoms with E-state index >= 15 is 0 Å². The average Bonchev–Trinajstić information content (AvgIpc) is 2.21. The second-order valence-corrected chi connectivity index (χ2v) is 5.91. The van der Waals surface area contributed by atoms with Crippen molar-refractivity contribution >= 4 is 5.78 Å². The number of nitrogens with zero attached hydrogens (tertiary/aromatic N) is 1. The zero-order valence-electron chi connectivity index (χ0n) is 11.6. The van der Waals surface area contributed by atoms with Crippen molar-refractivity contribution in [2.45, 2.75) is 46.6 Å². The maximum Gasteiger partial charge on any atom is 0.137 e. The number of hydrogen-bond acceptors (Lipinski definition) is 3. The molecule has 1 saturated carbocycles. The highest BCUT2D eigenvalue weighted by Gasteiger charge is 2.33. The van der Waals surface area contributed by atoms with Gasteiger partial charge in [0, 0.05) is 31.5 Å². The molecule has 3 nitrogen and oxygen atoms in total. The van der Waals surface area contributed by atoms with Gasteiger partial charge in [-0.15, -0.1) is 0 Å². The number of rotatable bonds is 5. The standard InChI is InChI=1S/C14H27NO2/c1-10(2)15(5-6-16)9-13-12(4)7-11(3)8-14(13)17/h10-13,16H,5-9H2,1-4H3. The number of ketones is 1. The van der Waals surface area contributed by atoms with Crippen LogP contribution in [0.3, 0.4) is 0 Å². The van der Waals surface area contributed by atoms with Gasteiger partial charge < -0.3 is 5.11 Å². The van der Waals surface area contributed by atoms with Crippen LogP contribution >= 0.6 is 0 Å². The first-order chi connectivity index (χ1) is 7.95. The van der Waals surface area contributed by atoms with Crippen molar-refractivity contribution in [3.8, 4) is 0 Å². The highest BCUT2D eigenvalue weighted by molar-refractivity contribution is 5.82. The first-order valence-corrected chi connectivity index (χ1v) is 6.83. The first kappa shape index (κ1) is 14.7. The quantitative estimate of drug-likeness (QED) is 0.799. The molecular weight excluding hydrogens is 214 g/mol. The van der Waals surface area contributed by atoms with Gasteiger partial charge in [-0.05, 0) is 32.1 Å². The van der Waals surface area contributed by atoms with Gasteiger partial charge in [0.25, 0.3) is 0 Å². The van der Waals surface area contributed by atoms with Crippen LogP contribution in [0.2, 0.25) is 0 Å². The summed E-state index contributed by atoms with van der Waals surface area (Å²) in [5.74, 6) is 1.60. The Kier molecular flexibility index (Phi) is 5.60. The van der Waals surface area contributed by atoms with Crippen molar-refractivity contribution in [3.63, 3.8) is 0 Å². The third-order valence-corrected chi connectivity index (χ3v) is 3.97. The highest BCUT2D eigenvalue weighted by Crippen LogP contribution is 2.31. The van der Waals surface area contributed by atoms with Gasteiger partial charge in [-0.3, -0.25) is 9.69 Å². The molecule has 3 unspecified atom stereocenters. The zero-order valence-corrected chi connectivity index (χ0v) is 11.6. The number of carbonyl (C=O) groups is 1. The molecule has 1 N–H and O–H groups in total. The molecule has 0 saturated heterocycles. The van der Waals surface area contributed by atoms with Gasteiger partial charge in [0.05, 0.1) is 6.61 Å². The van der Waals surface area contributed by atoms with Crippen molar-refractivity contribution in [3.05, 3.63) is 0 Å². The van der Waals surface area contributed by atoms with Crippen LogP contribution in [0.1, 0.15) is 40.5 Å². The summed E-state index contributed by atoms with van der Waals surface area (Å²) in [6.07, 6.45) is 1.89. The summed E-state index contributed by atoms with van der Waals surface area (Å²) in [7, 11) is 0. The monoisotopic (exact) mass is 241 g/mol. The summed E-state index contributed by atoms with van der Waals surface area (Å²) < 4.78 is 0. The molecule has 0 amide bonds. The highest BCUT2D eigenvalue weighted by atomic mass is 16.3.